The van der Waals surface area contributed by atoms with E-state index in [1.54, 1.807) is 0 Å². The van der Waals surface area contributed by atoms with Crippen molar-refractivity contribution >= 4 is 5.97 Å². The van der Waals surface area contributed by atoms with Gasteiger partial charge in [0.05, 0.1) is 5.92 Å². The van der Waals surface area contributed by atoms with E-state index in [0.29, 0.717) is 17.8 Å². The molecule has 0 unspecified atom stereocenters. The first-order chi connectivity index (χ1) is 10.9. The molecule has 2 heteroatoms. The Kier molecular flexibility index (Phi) is 4.53. The molecule has 2 saturated carbocycles. The van der Waals surface area contributed by atoms with Gasteiger partial charge in [-0.3, -0.25) is 4.79 Å². The number of carbonyl (C=O) groups is 1. The molecule has 2 aliphatic rings. The second-order valence-electron chi connectivity index (χ2n) is 8.34. The number of hydrogen-bond donors (Lipinski definition) is 0. The molecule has 0 aromatic heterocycles. The Balaban J connectivity index is 1.65. The predicted octanol–water partition coefficient (Wildman–Crippen LogP) is 4.97. The minimum absolute atomic E-state index is 0.0219. The van der Waals surface area contributed by atoms with Gasteiger partial charge in [0, 0.05) is 5.41 Å². The van der Waals surface area contributed by atoms with Crippen molar-refractivity contribution < 1.29 is 9.53 Å². The summed E-state index contributed by atoms with van der Waals surface area (Å²) in [5.74, 6) is 1.84. The molecule has 0 N–H and O–H groups in total. The first-order valence-corrected chi connectivity index (χ1v) is 9.18. The monoisotopic (exact) mass is 314 g/mol. The fourth-order valence-electron chi connectivity index (χ4n) is 4.33. The lowest BCUT2D eigenvalue weighted by atomic mass is 9.75. The normalized spacial score (nSPS) is 36.7. The molecule has 2 nitrogen and oxygen atoms in total. The lowest BCUT2D eigenvalue weighted by Gasteiger charge is -2.36. The fraction of sp³-hybridized carbons (Fsp3) is 0.667. The Morgan fingerprint density at radius 3 is 2.57 bits per heavy atom. The van der Waals surface area contributed by atoms with Gasteiger partial charge in [0.25, 0.3) is 0 Å². The third-order valence-corrected chi connectivity index (χ3v) is 6.18. The smallest absolute Gasteiger partial charge is 0.310 e. The van der Waals surface area contributed by atoms with E-state index < -0.39 is 0 Å². The van der Waals surface area contributed by atoms with E-state index in [1.807, 2.05) is 6.07 Å². The Bertz CT molecular complexity index is 550. The number of benzene rings is 1. The van der Waals surface area contributed by atoms with Crippen molar-refractivity contribution in [1.82, 2.24) is 0 Å². The van der Waals surface area contributed by atoms with Crippen molar-refractivity contribution in [3.05, 3.63) is 35.9 Å². The first kappa shape index (κ1) is 16.5. The van der Waals surface area contributed by atoms with Crippen LogP contribution in [0.15, 0.2) is 30.3 Å². The van der Waals surface area contributed by atoms with Gasteiger partial charge in [-0.2, -0.15) is 0 Å². The van der Waals surface area contributed by atoms with Crippen LogP contribution in [0.5, 0.6) is 0 Å². The highest BCUT2D eigenvalue weighted by Gasteiger charge is 2.57. The number of hydrogen-bond acceptors (Lipinski definition) is 2. The molecule has 0 saturated heterocycles. The second kappa shape index (κ2) is 6.30. The summed E-state index contributed by atoms with van der Waals surface area (Å²) in [6.07, 6.45) is 4.53. The summed E-state index contributed by atoms with van der Waals surface area (Å²) >= 11 is 0. The molecule has 0 radical (unpaired) electrons. The Hall–Kier alpha value is -1.31. The van der Waals surface area contributed by atoms with Crippen LogP contribution in [0, 0.1) is 23.7 Å². The van der Waals surface area contributed by atoms with Crippen molar-refractivity contribution in [3.8, 4) is 0 Å². The zero-order valence-corrected chi connectivity index (χ0v) is 14.9. The van der Waals surface area contributed by atoms with E-state index in [2.05, 4.69) is 52.0 Å². The van der Waals surface area contributed by atoms with Gasteiger partial charge in [-0.1, -0.05) is 64.4 Å². The third-order valence-electron chi connectivity index (χ3n) is 6.18. The van der Waals surface area contributed by atoms with Gasteiger partial charge in [0.15, 0.2) is 0 Å². The van der Waals surface area contributed by atoms with Crippen molar-refractivity contribution in [2.24, 2.45) is 23.7 Å². The summed E-state index contributed by atoms with van der Waals surface area (Å²) in [6, 6.07) is 10.4. The van der Waals surface area contributed by atoms with Gasteiger partial charge in [0.1, 0.15) is 6.10 Å². The summed E-state index contributed by atoms with van der Waals surface area (Å²) in [7, 11) is 0. The summed E-state index contributed by atoms with van der Waals surface area (Å²) in [4.78, 5) is 12.7. The molecule has 2 fully saturated rings. The summed E-state index contributed by atoms with van der Waals surface area (Å²) in [5, 5.41) is 0. The van der Waals surface area contributed by atoms with E-state index in [1.165, 1.54) is 18.4 Å². The molecule has 2 aliphatic carbocycles. The minimum atomic E-state index is -0.0219. The molecule has 0 spiro atoms. The topological polar surface area (TPSA) is 26.3 Å². The SMILES string of the molecule is CC(C)[C@H]1CC[C@H](C)C[C@@H]1OC(=O)[C@H]1C[C@]1(C)c1ccccc1. The van der Waals surface area contributed by atoms with Crippen LogP contribution in [-0.2, 0) is 14.9 Å². The fourth-order valence-corrected chi connectivity index (χ4v) is 4.33. The molecule has 1 aromatic carbocycles. The van der Waals surface area contributed by atoms with Crippen LogP contribution in [0.4, 0.5) is 0 Å². The highest BCUT2D eigenvalue weighted by atomic mass is 16.5. The molecule has 126 valence electrons. The molecule has 0 aliphatic heterocycles. The molecule has 0 amide bonds. The van der Waals surface area contributed by atoms with Crippen LogP contribution >= 0.6 is 0 Å². The Morgan fingerprint density at radius 1 is 1.22 bits per heavy atom. The Morgan fingerprint density at radius 2 is 1.91 bits per heavy atom. The predicted molar refractivity (Wildman–Crippen MR) is 93.1 cm³/mol. The maximum absolute atomic E-state index is 12.7. The second-order valence-corrected chi connectivity index (χ2v) is 8.34. The van der Waals surface area contributed by atoms with Crippen LogP contribution < -0.4 is 0 Å². The van der Waals surface area contributed by atoms with E-state index in [9.17, 15) is 4.79 Å². The molecule has 1 aromatic rings. The number of esters is 1. The largest absolute Gasteiger partial charge is 0.462 e. The minimum Gasteiger partial charge on any atom is -0.462 e. The zero-order valence-electron chi connectivity index (χ0n) is 14.9. The van der Waals surface area contributed by atoms with Crippen LogP contribution in [-0.4, -0.2) is 12.1 Å². The lowest BCUT2D eigenvalue weighted by molar-refractivity contribution is -0.158. The summed E-state index contributed by atoms with van der Waals surface area (Å²) < 4.78 is 6.04. The van der Waals surface area contributed by atoms with Gasteiger partial charge in [-0.25, -0.2) is 0 Å². The van der Waals surface area contributed by atoms with Crippen molar-refractivity contribution in [2.45, 2.75) is 64.9 Å². The summed E-state index contributed by atoms with van der Waals surface area (Å²) in [5.41, 5.74) is 1.24. The van der Waals surface area contributed by atoms with Gasteiger partial charge < -0.3 is 4.74 Å². The molecule has 5 atom stereocenters. The highest BCUT2D eigenvalue weighted by molar-refractivity contribution is 5.79. The van der Waals surface area contributed by atoms with Gasteiger partial charge in [-0.15, -0.1) is 0 Å². The molecular weight excluding hydrogens is 284 g/mol. The average Bonchev–Trinajstić information content (AvgIpc) is 3.22. The van der Waals surface area contributed by atoms with Gasteiger partial charge in [-0.05, 0) is 42.6 Å². The van der Waals surface area contributed by atoms with Gasteiger partial charge in [0.2, 0.25) is 0 Å². The zero-order chi connectivity index (χ0) is 16.6. The quantitative estimate of drug-likeness (QED) is 0.734. The lowest BCUT2D eigenvalue weighted by Crippen LogP contribution is -2.36. The van der Waals surface area contributed by atoms with E-state index in [0.717, 1.165) is 12.8 Å². The van der Waals surface area contributed by atoms with Gasteiger partial charge >= 0.3 is 5.97 Å². The van der Waals surface area contributed by atoms with E-state index in [4.69, 9.17) is 4.74 Å². The molecule has 3 rings (SSSR count). The molecule has 0 bridgehead atoms. The first-order valence-electron chi connectivity index (χ1n) is 9.18. The number of ether oxygens (including phenoxy) is 1. The van der Waals surface area contributed by atoms with E-state index >= 15 is 0 Å². The van der Waals surface area contributed by atoms with Crippen LogP contribution in [0.25, 0.3) is 0 Å². The number of carbonyl (C=O) groups excluding carboxylic acids is 1. The van der Waals surface area contributed by atoms with Crippen molar-refractivity contribution in [2.75, 3.05) is 0 Å². The third kappa shape index (κ3) is 3.32. The standard InChI is InChI=1S/C21H30O2/c1-14(2)17-11-10-15(3)12-19(17)23-20(22)18-13-21(18,4)16-8-6-5-7-9-16/h5-9,14-15,17-19H,10-13H2,1-4H3/t15-,17+,18+,19-,21+/m0/s1. The molecular formula is C21H30O2. The van der Waals surface area contributed by atoms with Crippen molar-refractivity contribution in [1.29, 1.82) is 0 Å². The average molecular weight is 314 g/mol. The number of rotatable bonds is 4. The van der Waals surface area contributed by atoms with Crippen LogP contribution in [0.3, 0.4) is 0 Å². The molecule has 23 heavy (non-hydrogen) atoms. The maximum Gasteiger partial charge on any atom is 0.310 e. The molecule has 0 heterocycles. The highest BCUT2D eigenvalue weighted by Crippen LogP contribution is 2.54. The summed E-state index contributed by atoms with van der Waals surface area (Å²) in [6.45, 7) is 8.99. The van der Waals surface area contributed by atoms with Crippen LogP contribution in [0.2, 0.25) is 0 Å². The van der Waals surface area contributed by atoms with E-state index in [-0.39, 0.29) is 23.4 Å². The maximum atomic E-state index is 12.7. The van der Waals surface area contributed by atoms with Crippen molar-refractivity contribution in [3.63, 3.8) is 0 Å². The van der Waals surface area contributed by atoms with Crippen LogP contribution in [0.1, 0.15) is 58.9 Å². The Labute approximate surface area is 140 Å².